The number of rotatable bonds is 3. The summed E-state index contributed by atoms with van der Waals surface area (Å²) in [7, 11) is 1.97. The summed E-state index contributed by atoms with van der Waals surface area (Å²) in [6.07, 6.45) is 0.713. The van der Waals surface area contributed by atoms with Crippen molar-refractivity contribution in [3.05, 3.63) is 59.9 Å². The van der Waals surface area contributed by atoms with Gasteiger partial charge in [-0.05, 0) is 30.2 Å². The molecule has 1 unspecified atom stereocenters. The van der Waals surface area contributed by atoms with Gasteiger partial charge in [0.2, 0.25) is 5.91 Å². The molecule has 122 valence electrons. The number of amides is 1. The van der Waals surface area contributed by atoms with E-state index in [4.69, 9.17) is 4.74 Å². The van der Waals surface area contributed by atoms with Crippen molar-refractivity contribution >= 4 is 16.9 Å². The Morgan fingerprint density at radius 1 is 1.25 bits per heavy atom. The molecule has 5 nitrogen and oxygen atoms in total. The minimum atomic E-state index is -0.158. The van der Waals surface area contributed by atoms with Gasteiger partial charge in [0.05, 0.1) is 23.5 Å². The lowest BCUT2D eigenvalue weighted by molar-refractivity contribution is -0.126. The highest BCUT2D eigenvalue weighted by molar-refractivity contribution is 5.80. The van der Waals surface area contributed by atoms with Crippen molar-refractivity contribution in [2.75, 3.05) is 6.61 Å². The number of aromatic nitrogens is 2. The molecule has 4 rings (SSSR count). The Morgan fingerprint density at radius 2 is 2.04 bits per heavy atom. The minimum absolute atomic E-state index is 0.0107. The summed E-state index contributed by atoms with van der Waals surface area (Å²) in [4.78, 5) is 17.1. The number of aryl methyl sites for hydroxylation is 1. The van der Waals surface area contributed by atoms with Gasteiger partial charge in [0.15, 0.2) is 0 Å². The SMILES string of the molecule is Cn1c(CNC(=O)C2COc3ccccc3C2)nc2ccccc21. The molecule has 1 N–H and O–H groups in total. The first kappa shape index (κ1) is 14.8. The third kappa shape index (κ3) is 2.62. The van der Waals surface area contributed by atoms with E-state index in [1.807, 2.05) is 60.1 Å². The predicted octanol–water partition coefficient (Wildman–Crippen LogP) is 2.44. The lowest BCUT2D eigenvalue weighted by Gasteiger charge is -2.24. The highest BCUT2D eigenvalue weighted by atomic mass is 16.5. The van der Waals surface area contributed by atoms with Crippen LogP contribution in [0.1, 0.15) is 11.4 Å². The molecule has 0 spiro atoms. The molecule has 1 atom stereocenters. The summed E-state index contributed by atoms with van der Waals surface area (Å²) in [5, 5.41) is 3.00. The van der Waals surface area contributed by atoms with Crippen molar-refractivity contribution in [1.82, 2.24) is 14.9 Å². The van der Waals surface area contributed by atoms with Crippen molar-refractivity contribution in [2.24, 2.45) is 13.0 Å². The zero-order valence-electron chi connectivity index (χ0n) is 13.5. The zero-order valence-corrected chi connectivity index (χ0v) is 13.5. The maximum atomic E-state index is 12.5. The van der Waals surface area contributed by atoms with Crippen molar-refractivity contribution < 1.29 is 9.53 Å². The maximum Gasteiger partial charge on any atom is 0.227 e. The van der Waals surface area contributed by atoms with Crippen LogP contribution in [0, 0.1) is 5.92 Å². The van der Waals surface area contributed by atoms with Crippen molar-refractivity contribution in [3.63, 3.8) is 0 Å². The van der Waals surface area contributed by atoms with E-state index in [0.29, 0.717) is 19.6 Å². The van der Waals surface area contributed by atoms with Gasteiger partial charge in [0.1, 0.15) is 18.2 Å². The summed E-state index contributed by atoms with van der Waals surface area (Å²) in [6.45, 7) is 0.841. The largest absolute Gasteiger partial charge is 0.492 e. The number of imidazole rings is 1. The Bertz CT molecular complexity index is 901. The molecule has 3 aromatic rings. The molecule has 5 heteroatoms. The second-order valence-electron chi connectivity index (χ2n) is 6.11. The molecule has 24 heavy (non-hydrogen) atoms. The van der Waals surface area contributed by atoms with E-state index < -0.39 is 0 Å². The first-order chi connectivity index (χ1) is 11.7. The van der Waals surface area contributed by atoms with Crippen LogP contribution in [0.4, 0.5) is 0 Å². The van der Waals surface area contributed by atoms with Crippen LogP contribution in [-0.4, -0.2) is 22.1 Å². The number of nitrogens with one attached hydrogen (secondary N) is 1. The van der Waals surface area contributed by atoms with E-state index >= 15 is 0 Å². The van der Waals surface area contributed by atoms with Crippen molar-refractivity contribution in [2.45, 2.75) is 13.0 Å². The number of nitrogens with zero attached hydrogens (tertiary/aromatic N) is 2. The van der Waals surface area contributed by atoms with Gasteiger partial charge in [-0.2, -0.15) is 0 Å². The standard InChI is InChI=1S/C19H19N3O2/c1-22-16-8-4-3-7-15(16)21-18(22)11-20-19(23)14-10-13-6-2-5-9-17(13)24-12-14/h2-9,14H,10-12H2,1H3,(H,20,23). The number of carbonyl (C=O) groups excluding carboxylic acids is 1. The lowest BCUT2D eigenvalue weighted by Crippen LogP contribution is -2.37. The molecule has 0 radical (unpaired) electrons. The Morgan fingerprint density at radius 3 is 2.92 bits per heavy atom. The Balaban J connectivity index is 1.44. The molecule has 0 saturated carbocycles. The maximum absolute atomic E-state index is 12.5. The van der Waals surface area contributed by atoms with Gasteiger partial charge in [-0.3, -0.25) is 4.79 Å². The second-order valence-corrected chi connectivity index (χ2v) is 6.11. The molecule has 1 aromatic heterocycles. The zero-order chi connectivity index (χ0) is 16.5. The third-order valence-electron chi connectivity index (χ3n) is 4.55. The Hall–Kier alpha value is -2.82. The fourth-order valence-electron chi connectivity index (χ4n) is 3.16. The monoisotopic (exact) mass is 321 g/mol. The predicted molar refractivity (Wildman–Crippen MR) is 91.7 cm³/mol. The molecule has 2 aromatic carbocycles. The van der Waals surface area contributed by atoms with Crippen LogP contribution in [0.2, 0.25) is 0 Å². The number of para-hydroxylation sites is 3. The number of fused-ring (bicyclic) bond motifs is 2. The van der Waals surface area contributed by atoms with Crippen LogP contribution in [0.15, 0.2) is 48.5 Å². The second kappa shape index (κ2) is 6.00. The molecule has 1 amide bonds. The summed E-state index contributed by atoms with van der Waals surface area (Å²) < 4.78 is 7.72. The van der Waals surface area contributed by atoms with Crippen LogP contribution in [0.3, 0.4) is 0 Å². The first-order valence-electron chi connectivity index (χ1n) is 8.11. The van der Waals surface area contributed by atoms with Gasteiger partial charge in [-0.15, -0.1) is 0 Å². The molecule has 1 aliphatic heterocycles. The molecule has 0 saturated heterocycles. The van der Waals surface area contributed by atoms with Gasteiger partial charge >= 0.3 is 0 Å². The summed E-state index contributed by atoms with van der Waals surface area (Å²) >= 11 is 0. The summed E-state index contributed by atoms with van der Waals surface area (Å²) in [5.41, 5.74) is 3.10. The molecule has 1 aliphatic rings. The number of hydrogen-bond donors (Lipinski definition) is 1. The average Bonchev–Trinajstić information content (AvgIpc) is 2.95. The smallest absolute Gasteiger partial charge is 0.227 e. The number of carbonyl (C=O) groups is 1. The van der Waals surface area contributed by atoms with Gasteiger partial charge < -0.3 is 14.6 Å². The molecule has 0 aliphatic carbocycles. The number of ether oxygens (including phenoxy) is 1. The molecule has 2 heterocycles. The van der Waals surface area contributed by atoms with Gasteiger partial charge in [-0.25, -0.2) is 4.98 Å². The number of benzene rings is 2. The van der Waals surface area contributed by atoms with Crippen molar-refractivity contribution in [1.29, 1.82) is 0 Å². The molecular formula is C19H19N3O2. The van der Waals surface area contributed by atoms with Crippen LogP contribution in [0.5, 0.6) is 5.75 Å². The van der Waals surface area contributed by atoms with Crippen LogP contribution < -0.4 is 10.1 Å². The third-order valence-corrected chi connectivity index (χ3v) is 4.55. The highest BCUT2D eigenvalue weighted by Gasteiger charge is 2.25. The van der Waals surface area contributed by atoms with E-state index in [2.05, 4.69) is 10.3 Å². The fraction of sp³-hybridized carbons (Fsp3) is 0.263. The van der Waals surface area contributed by atoms with E-state index in [9.17, 15) is 4.79 Å². The topological polar surface area (TPSA) is 56.2 Å². The molecule has 0 fully saturated rings. The quantitative estimate of drug-likeness (QED) is 0.806. The van der Waals surface area contributed by atoms with Crippen molar-refractivity contribution in [3.8, 4) is 5.75 Å². The Kier molecular flexibility index (Phi) is 3.69. The van der Waals surface area contributed by atoms with E-state index in [1.54, 1.807) is 0 Å². The normalized spacial score (nSPS) is 16.5. The highest BCUT2D eigenvalue weighted by Crippen LogP contribution is 2.26. The summed E-state index contributed by atoms with van der Waals surface area (Å²) in [6, 6.07) is 15.8. The van der Waals surface area contributed by atoms with Gasteiger partial charge in [0, 0.05) is 7.05 Å². The molecular weight excluding hydrogens is 302 g/mol. The van der Waals surface area contributed by atoms with Crippen LogP contribution >= 0.6 is 0 Å². The van der Waals surface area contributed by atoms with E-state index in [0.717, 1.165) is 28.2 Å². The average molecular weight is 321 g/mol. The van der Waals surface area contributed by atoms with Gasteiger partial charge in [-0.1, -0.05) is 30.3 Å². The minimum Gasteiger partial charge on any atom is -0.492 e. The van der Waals surface area contributed by atoms with Gasteiger partial charge in [0.25, 0.3) is 0 Å². The van der Waals surface area contributed by atoms with E-state index in [-0.39, 0.29) is 11.8 Å². The molecule has 0 bridgehead atoms. The fourth-order valence-corrected chi connectivity index (χ4v) is 3.16. The van der Waals surface area contributed by atoms with Crippen LogP contribution in [-0.2, 0) is 24.8 Å². The summed E-state index contributed by atoms with van der Waals surface area (Å²) in [5.74, 6) is 1.59. The first-order valence-corrected chi connectivity index (χ1v) is 8.11. The Labute approximate surface area is 140 Å². The van der Waals surface area contributed by atoms with Crippen LogP contribution in [0.25, 0.3) is 11.0 Å². The van der Waals surface area contributed by atoms with E-state index in [1.165, 1.54) is 0 Å². The lowest BCUT2D eigenvalue weighted by atomic mass is 9.96. The number of hydrogen-bond acceptors (Lipinski definition) is 3.